The zero-order valence-corrected chi connectivity index (χ0v) is 7.61. The predicted molar refractivity (Wildman–Crippen MR) is 51.4 cm³/mol. The first-order chi connectivity index (χ1) is 6.16. The Bertz CT molecular complexity index is 306. The van der Waals surface area contributed by atoms with Crippen LogP contribution in [0.3, 0.4) is 0 Å². The maximum atomic E-state index is 12.9. The van der Waals surface area contributed by atoms with Gasteiger partial charge in [-0.3, -0.25) is 0 Å². The van der Waals surface area contributed by atoms with E-state index in [0.29, 0.717) is 11.4 Å². The van der Waals surface area contributed by atoms with E-state index in [9.17, 15) is 4.39 Å². The molecular weight excluding hydrogens is 195 g/mol. The van der Waals surface area contributed by atoms with E-state index in [2.05, 4.69) is 5.32 Å². The van der Waals surface area contributed by atoms with Gasteiger partial charge in [0.1, 0.15) is 10.8 Å². The van der Waals surface area contributed by atoms with E-state index < -0.39 is 5.82 Å². The highest BCUT2D eigenvalue weighted by molar-refractivity contribution is 6.34. The molecule has 0 spiro atoms. The first kappa shape index (κ1) is 10.1. The van der Waals surface area contributed by atoms with Crippen LogP contribution in [0.4, 0.5) is 15.8 Å². The lowest BCUT2D eigenvalue weighted by atomic mass is 10.2. The summed E-state index contributed by atoms with van der Waals surface area (Å²) < 4.78 is 12.9. The van der Waals surface area contributed by atoms with E-state index >= 15 is 0 Å². The van der Waals surface area contributed by atoms with E-state index in [1.165, 1.54) is 12.1 Å². The predicted octanol–water partition coefficient (Wildman–Crippen LogP) is 1.47. The van der Waals surface area contributed by atoms with Gasteiger partial charge in [0.05, 0.1) is 18.0 Å². The molecule has 0 unspecified atom stereocenters. The third kappa shape index (κ3) is 2.23. The Labute approximate surface area is 80.3 Å². The Hall–Kier alpha value is -1.00. The molecule has 0 aromatic heterocycles. The molecule has 72 valence electrons. The fourth-order valence-electron chi connectivity index (χ4n) is 0.926. The van der Waals surface area contributed by atoms with Gasteiger partial charge in [-0.15, -0.1) is 0 Å². The lowest BCUT2D eigenvalue weighted by molar-refractivity contribution is 0.311. The van der Waals surface area contributed by atoms with Gasteiger partial charge in [0.15, 0.2) is 0 Å². The maximum absolute atomic E-state index is 12.9. The molecule has 0 saturated carbocycles. The van der Waals surface area contributed by atoms with Gasteiger partial charge in [-0.05, 0) is 12.1 Å². The topological polar surface area (TPSA) is 58.3 Å². The molecule has 1 aromatic rings. The van der Waals surface area contributed by atoms with Crippen molar-refractivity contribution in [3.05, 3.63) is 23.0 Å². The van der Waals surface area contributed by atoms with Crippen LogP contribution in [-0.2, 0) is 0 Å². The molecule has 0 aliphatic heterocycles. The highest BCUT2D eigenvalue weighted by Crippen LogP contribution is 2.30. The minimum atomic E-state index is -0.531. The van der Waals surface area contributed by atoms with Crippen LogP contribution in [0.5, 0.6) is 0 Å². The number of hydrogen-bond donors (Lipinski definition) is 3. The number of rotatable bonds is 3. The van der Waals surface area contributed by atoms with Crippen LogP contribution in [0.1, 0.15) is 0 Å². The summed E-state index contributed by atoms with van der Waals surface area (Å²) in [5.74, 6) is -0.531. The number of nitrogens with two attached hydrogens (primary N) is 1. The summed E-state index contributed by atoms with van der Waals surface area (Å²) in [4.78, 5) is 0. The Morgan fingerprint density at radius 1 is 1.54 bits per heavy atom. The standard InChI is InChI=1S/C8H10ClFN2O/c9-7-5(10)1-2-6(11)8(7)12-3-4-13/h1-2,12-13H,3-4,11H2. The average molecular weight is 205 g/mol. The van der Waals surface area contributed by atoms with E-state index in [0.717, 1.165) is 0 Å². The second kappa shape index (κ2) is 4.30. The molecule has 4 N–H and O–H groups in total. The van der Waals surface area contributed by atoms with Crippen LogP contribution in [0.2, 0.25) is 5.02 Å². The number of aliphatic hydroxyl groups excluding tert-OH is 1. The zero-order valence-electron chi connectivity index (χ0n) is 6.85. The van der Waals surface area contributed by atoms with E-state index in [-0.39, 0.29) is 18.2 Å². The Balaban J connectivity index is 2.96. The summed E-state index contributed by atoms with van der Waals surface area (Å²) in [5, 5.41) is 11.2. The SMILES string of the molecule is Nc1ccc(F)c(Cl)c1NCCO. The van der Waals surface area contributed by atoms with Crippen LogP contribution in [0.25, 0.3) is 0 Å². The normalized spacial score (nSPS) is 10.1. The second-order valence-corrected chi connectivity index (χ2v) is 2.85. The number of nitrogens with one attached hydrogen (secondary N) is 1. The highest BCUT2D eigenvalue weighted by Gasteiger charge is 2.08. The van der Waals surface area contributed by atoms with Gasteiger partial charge in [0.2, 0.25) is 0 Å². The molecule has 0 fully saturated rings. The van der Waals surface area contributed by atoms with Gasteiger partial charge in [-0.2, -0.15) is 0 Å². The Morgan fingerprint density at radius 2 is 2.23 bits per heavy atom. The number of aliphatic hydroxyl groups is 1. The van der Waals surface area contributed by atoms with Crippen LogP contribution in [-0.4, -0.2) is 18.3 Å². The zero-order chi connectivity index (χ0) is 9.84. The van der Waals surface area contributed by atoms with Gasteiger partial charge in [0, 0.05) is 6.54 Å². The van der Waals surface area contributed by atoms with Crippen molar-refractivity contribution < 1.29 is 9.50 Å². The fourth-order valence-corrected chi connectivity index (χ4v) is 1.17. The van der Waals surface area contributed by atoms with Gasteiger partial charge in [-0.1, -0.05) is 11.6 Å². The van der Waals surface area contributed by atoms with E-state index in [1.807, 2.05) is 0 Å². The molecule has 0 aliphatic carbocycles. The number of anilines is 2. The lowest BCUT2D eigenvalue weighted by Gasteiger charge is -2.10. The van der Waals surface area contributed by atoms with Crippen LogP contribution in [0, 0.1) is 5.82 Å². The third-order valence-electron chi connectivity index (χ3n) is 1.54. The van der Waals surface area contributed by atoms with E-state index in [1.54, 1.807) is 0 Å². The van der Waals surface area contributed by atoms with Crippen molar-refractivity contribution in [3.8, 4) is 0 Å². The van der Waals surface area contributed by atoms with Crippen molar-refractivity contribution in [1.82, 2.24) is 0 Å². The van der Waals surface area contributed by atoms with Gasteiger partial charge < -0.3 is 16.2 Å². The van der Waals surface area contributed by atoms with Crippen LogP contribution < -0.4 is 11.1 Å². The van der Waals surface area contributed by atoms with Crippen LogP contribution in [0.15, 0.2) is 12.1 Å². The molecule has 0 atom stereocenters. The van der Waals surface area contributed by atoms with Crippen molar-refractivity contribution >= 4 is 23.0 Å². The molecule has 13 heavy (non-hydrogen) atoms. The molecule has 0 heterocycles. The van der Waals surface area contributed by atoms with Crippen molar-refractivity contribution in [2.75, 3.05) is 24.2 Å². The summed E-state index contributed by atoms with van der Waals surface area (Å²) in [7, 11) is 0. The van der Waals surface area contributed by atoms with Gasteiger partial charge in [0.25, 0.3) is 0 Å². The molecule has 1 rings (SSSR count). The Morgan fingerprint density at radius 3 is 2.85 bits per heavy atom. The van der Waals surface area contributed by atoms with Crippen molar-refractivity contribution in [2.24, 2.45) is 0 Å². The number of benzene rings is 1. The maximum Gasteiger partial charge on any atom is 0.144 e. The van der Waals surface area contributed by atoms with Crippen molar-refractivity contribution in [3.63, 3.8) is 0 Å². The molecule has 0 amide bonds. The fraction of sp³-hybridized carbons (Fsp3) is 0.250. The molecule has 0 aliphatic rings. The minimum Gasteiger partial charge on any atom is -0.397 e. The second-order valence-electron chi connectivity index (χ2n) is 2.48. The molecular formula is C8H10ClFN2O. The molecule has 3 nitrogen and oxygen atoms in total. The summed E-state index contributed by atoms with van der Waals surface area (Å²) in [6, 6.07) is 2.61. The Kier molecular flexibility index (Phi) is 3.33. The van der Waals surface area contributed by atoms with E-state index in [4.69, 9.17) is 22.4 Å². The summed E-state index contributed by atoms with van der Waals surface area (Å²) in [6.07, 6.45) is 0. The third-order valence-corrected chi connectivity index (χ3v) is 1.91. The number of halogens is 2. The van der Waals surface area contributed by atoms with Crippen LogP contribution >= 0.6 is 11.6 Å². The van der Waals surface area contributed by atoms with Crippen molar-refractivity contribution in [1.29, 1.82) is 0 Å². The van der Waals surface area contributed by atoms with Gasteiger partial charge in [-0.25, -0.2) is 4.39 Å². The largest absolute Gasteiger partial charge is 0.397 e. The first-order valence-electron chi connectivity index (χ1n) is 3.75. The lowest BCUT2D eigenvalue weighted by Crippen LogP contribution is -2.08. The quantitative estimate of drug-likeness (QED) is 0.654. The number of nitrogen functional groups attached to an aromatic ring is 1. The number of hydrogen-bond acceptors (Lipinski definition) is 3. The molecule has 0 radical (unpaired) electrons. The average Bonchev–Trinajstić information content (AvgIpc) is 2.12. The molecule has 1 aromatic carbocycles. The smallest absolute Gasteiger partial charge is 0.144 e. The molecule has 0 bridgehead atoms. The summed E-state index contributed by atoms with van der Waals surface area (Å²) in [5.41, 5.74) is 6.23. The van der Waals surface area contributed by atoms with Crippen molar-refractivity contribution in [2.45, 2.75) is 0 Å². The molecule has 5 heteroatoms. The first-order valence-corrected chi connectivity index (χ1v) is 4.13. The summed E-state index contributed by atoms with van der Waals surface area (Å²) in [6.45, 7) is 0.222. The monoisotopic (exact) mass is 204 g/mol. The van der Waals surface area contributed by atoms with Gasteiger partial charge >= 0.3 is 0 Å². The minimum absolute atomic E-state index is 0.0477. The summed E-state index contributed by atoms with van der Waals surface area (Å²) >= 11 is 5.64. The highest BCUT2D eigenvalue weighted by atomic mass is 35.5. The molecule has 0 saturated heterocycles.